The van der Waals surface area contributed by atoms with Gasteiger partial charge in [0.2, 0.25) is 0 Å². The van der Waals surface area contributed by atoms with Crippen molar-refractivity contribution in [2.75, 3.05) is 0 Å². The van der Waals surface area contributed by atoms with Gasteiger partial charge in [0.25, 0.3) is 0 Å². The van der Waals surface area contributed by atoms with Gasteiger partial charge in [0.15, 0.2) is 0 Å². The molecule has 0 N–H and O–H groups in total. The molecule has 21 heavy (non-hydrogen) atoms. The summed E-state index contributed by atoms with van der Waals surface area (Å²) in [4.78, 5) is 0. The van der Waals surface area contributed by atoms with Crippen molar-refractivity contribution >= 4 is 0 Å². The topological polar surface area (TPSA) is 0 Å². The summed E-state index contributed by atoms with van der Waals surface area (Å²) in [5.74, 6) is 0.583. The highest BCUT2D eigenvalue weighted by atomic mass is 14.2. The molecule has 2 aromatic carbocycles. The smallest absolute Gasteiger partial charge is 0.0132 e. The molecule has 0 saturated heterocycles. The number of rotatable bonds is 2. The van der Waals surface area contributed by atoms with E-state index in [0.717, 1.165) is 0 Å². The zero-order chi connectivity index (χ0) is 15.8. The van der Waals surface area contributed by atoms with Crippen LogP contribution in [0.2, 0.25) is 0 Å². The number of aryl methyl sites for hydroxylation is 2. The third-order valence-electron chi connectivity index (χ3n) is 4.31. The molecule has 0 nitrogen and oxygen atoms in total. The van der Waals surface area contributed by atoms with Crippen LogP contribution in [0.15, 0.2) is 36.4 Å². The van der Waals surface area contributed by atoms with Gasteiger partial charge in [0.05, 0.1) is 0 Å². The summed E-state index contributed by atoms with van der Waals surface area (Å²) in [5.41, 5.74) is 8.46. The van der Waals surface area contributed by atoms with Crippen LogP contribution in [0.3, 0.4) is 0 Å². The third-order valence-corrected chi connectivity index (χ3v) is 4.31. The van der Waals surface area contributed by atoms with E-state index in [4.69, 9.17) is 0 Å². The summed E-state index contributed by atoms with van der Waals surface area (Å²) in [5, 5.41) is 0. The van der Waals surface area contributed by atoms with Crippen molar-refractivity contribution in [2.45, 2.75) is 59.8 Å². The van der Waals surface area contributed by atoms with Crippen molar-refractivity contribution in [1.29, 1.82) is 0 Å². The van der Waals surface area contributed by atoms with Crippen LogP contribution in [0.25, 0.3) is 11.1 Å². The SMILES string of the molecule is Cc1cc(C(C)C)ccc1-c1cc(C(C)(C)C)ccc1C. The second-order valence-electron chi connectivity index (χ2n) is 7.51. The molecule has 0 heteroatoms. The van der Waals surface area contributed by atoms with Crippen molar-refractivity contribution in [3.63, 3.8) is 0 Å². The molecule has 0 atom stereocenters. The van der Waals surface area contributed by atoms with E-state index in [0.29, 0.717) is 5.92 Å². The van der Waals surface area contributed by atoms with Gasteiger partial charge in [0.1, 0.15) is 0 Å². The average molecular weight is 280 g/mol. The van der Waals surface area contributed by atoms with Gasteiger partial charge in [-0.15, -0.1) is 0 Å². The van der Waals surface area contributed by atoms with E-state index in [1.807, 2.05) is 0 Å². The first kappa shape index (κ1) is 15.8. The molecule has 112 valence electrons. The molecule has 2 rings (SSSR count). The fourth-order valence-corrected chi connectivity index (χ4v) is 2.73. The quantitative estimate of drug-likeness (QED) is 0.597. The van der Waals surface area contributed by atoms with E-state index < -0.39 is 0 Å². The van der Waals surface area contributed by atoms with E-state index in [1.54, 1.807) is 0 Å². The fourth-order valence-electron chi connectivity index (χ4n) is 2.73. The molecule has 0 aromatic heterocycles. The highest BCUT2D eigenvalue weighted by Gasteiger charge is 2.16. The fraction of sp³-hybridized carbons (Fsp3) is 0.429. The van der Waals surface area contributed by atoms with E-state index in [2.05, 4.69) is 84.9 Å². The molecule has 0 heterocycles. The van der Waals surface area contributed by atoms with Crippen molar-refractivity contribution in [3.8, 4) is 11.1 Å². The zero-order valence-corrected chi connectivity index (χ0v) is 14.5. The summed E-state index contributed by atoms with van der Waals surface area (Å²) in [6.07, 6.45) is 0. The molecule has 0 spiro atoms. The summed E-state index contributed by atoms with van der Waals surface area (Å²) < 4.78 is 0. The Morgan fingerprint density at radius 2 is 1.43 bits per heavy atom. The van der Waals surface area contributed by atoms with Gasteiger partial charge in [-0.1, -0.05) is 71.0 Å². The van der Waals surface area contributed by atoms with Crippen molar-refractivity contribution in [3.05, 3.63) is 58.7 Å². The number of benzene rings is 2. The molecule has 0 aliphatic rings. The zero-order valence-electron chi connectivity index (χ0n) is 14.5. The lowest BCUT2D eigenvalue weighted by molar-refractivity contribution is 0.590. The molecule has 2 aromatic rings. The lowest BCUT2D eigenvalue weighted by Crippen LogP contribution is -2.11. The van der Waals surface area contributed by atoms with E-state index >= 15 is 0 Å². The summed E-state index contributed by atoms with van der Waals surface area (Å²) in [7, 11) is 0. The van der Waals surface area contributed by atoms with Crippen molar-refractivity contribution in [2.24, 2.45) is 0 Å². The minimum Gasteiger partial charge on any atom is -0.0587 e. The second kappa shape index (κ2) is 5.67. The average Bonchev–Trinajstić information content (AvgIpc) is 2.38. The van der Waals surface area contributed by atoms with Gasteiger partial charge < -0.3 is 0 Å². The molecule has 0 radical (unpaired) electrons. The minimum atomic E-state index is 0.189. The molecule has 0 bridgehead atoms. The first-order valence-electron chi connectivity index (χ1n) is 7.92. The Morgan fingerprint density at radius 3 is 1.95 bits per heavy atom. The Bertz CT molecular complexity index is 640. The van der Waals surface area contributed by atoms with Gasteiger partial charge in [0, 0.05) is 0 Å². The lowest BCUT2D eigenvalue weighted by atomic mass is 9.83. The Balaban J connectivity index is 2.56. The van der Waals surface area contributed by atoms with E-state index in [9.17, 15) is 0 Å². The standard InChI is InChI=1S/C21H28/c1-14(2)17-9-11-19(16(4)12-17)20-13-18(21(5,6)7)10-8-15(20)3/h8-14H,1-7H3. The number of hydrogen-bond acceptors (Lipinski definition) is 0. The van der Waals surface area contributed by atoms with Crippen LogP contribution in [0, 0.1) is 13.8 Å². The first-order valence-corrected chi connectivity index (χ1v) is 7.92. The van der Waals surface area contributed by atoms with Gasteiger partial charge in [-0.3, -0.25) is 0 Å². The van der Waals surface area contributed by atoms with Crippen molar-refractivity contribution in [1.82, 2.24) is 0 Å². The molecule has 0 fully saturated rings. The molecular formula is C21H28. The lowest BCUT2D eigenvalue weighted by Gasteiger charge is -2.21. The maximum Gasteiger partial charge on any atom is -0.0132 e. The van der Waals surface area contributed by atoms with Crippen LogP contribution >= 0.6 is 0 Å². The highest BCUT2D eigenvalue weighted by molar-refractivity contribution is 5.71. The van der Waals surface area contributed by atoms with E-state index in [1.165, 1.54) is 33.4 Å². The maximum atomic E-state index is 2.37. The monoisotopic (exact) mass is 280 g/mol. The Hall–Kier alpha value is -1.56. The second-order valence-corrected chi connectivity index (χ2v) is 7.51. The Labute approximate surface area is 130 Å². The summed E-state index contributed by atoms with van der Waals surface area (Å²) in [6.45, 7) is 15.8. The predicted molar refractivity (Wildman–Crippen MR) is 94.1 cm³/mol. The third kappa shape index (κ3) is 3.37. The minimum absolute atomic E-state index is 0.189. The molecule has 0 amide bonds. The van der Waals surface area contributed by atoms with Crippen LogP contribution in [-0.4, -0.2) is 0 Å². The van der Waals surface area contributed by atoms with Crippen molar-refractivity contribution < 1.29 is 0 Å². The van der Waals surface area contributed by atoms with E-state index in [-0.39, 0.29) is 5.41 Å². The molecule has 0 aliphatic carbocycles. The number of hydrogen-bond donors (Lipinski definition) is 0. The highest BCUT2D eigenvalue weighted by Crippen LogP contribution is 2.33. The van der Waals surface area contributed by atoms with Gasteiger partial charge in [-0.25, -0.2) is 0 Å². The maximum absolute atomic E-state index is 2.37. The van der Waals surface area contributed by atoms with Crippen LogP contribution < -0.4 is 0 Å². The largest absolute Gasteiger partial charge is 0.0587 e. The van der Waals surface area contributed by atoms with Crippen LogP contribution in [0.1, 0.15) is 62.8 Å². The van der Waals surface area contributed by atoms with Crippen LogP contribution in [0.5, 0.6) is 0 Å². The Morgan fingerprint density at radius 1 is 0.762 bits per heavy atom. The van der Waals surface area contributed by atoms with Gasteiger partial charge in [-0.05, 0) is 58.6 Å². The van der Waals surface area contributed by atoms with Gasteiger partial charge >= 0.3 is 0 Å². The van der Waals surface area contributed by atoms with Crippen LogP contribution in [-0.2, 0) is 5.41 Å². The predicted octanol–water partition coefficient (Wildman–Crippen LogP) is 6.39. The summed E-state index contributed by atoms with van der Waals surface area (Å²) in [6, 6.07) is 13.8. The molecular weight excluding hydrogens is 252 g/mol. The molecule has 0 saturated carbocycles. The first-order chi connectivity index (χ1) is 9.70. The normalized spacial score (nSPS) is 12.0. The van der Waals surface area contributed by atoms with Crippen LogP contribution in [0.4, 0.5) is 0 Å². The molecule has 0 aliphatic heterocycles. The molecule has 0 unspecified atom stereocenters. The van der Waals surface area contributed by atoms with Gasteiger partial charge in [-0.2, -0.15) is 0 Å². The Kier molecular flexibility index (Phi) is 4.27. The summed E-state index contributed by atoms with van der Waals surface area (Å²) >= 11 is 0.